The van der Waals surface area contributed by atoms with Crippen molar-refractivity contribution >= 4 is 5.82 Å². The Hall–Kier alpha value is -1.63. The number of aromatic nitrogens is 2. The molecule has 1 aromatic rings. The Morgan fingerprint density at radius 3 is 3.00 bits per heavy atom. The topological polar surface area (TPSA) is 37.8 Å². The van der Waals surface area contributed by atoms with E-state index in [0.717, 1.165) is 0 Å². The Labute approximate surface area is 82.8 Å². The summed E-state index contributed by atoms with van der Waals surface area (Å²) in [6.45, 7) is 3.46. The van der Waals surface area contributed by atoms with Crippen molar-refractivity contribution in [1.82, 2.24) is 9.97 Å². The van der Waals surface area contributed by atoms with Gasteiger partial charge in [-0.3, -0.25) is 0 Å². The summed E-state index contributed by atoms with van der Waals surface area (Å²) >= 11 is 0. The van der Waals surface area contributed by atoms with Gasteiger partial charge in [-0.15, -0.1) is 12.3 Å². The van der Waals surface area contributed by atoms with Crippen LogP contribution in [0.2, 0.25) is 0 Å². The molecule has 0 aliphatic rings. The zero-order valence-corrected chi connectivity index (χ0v) is 8.21. The first-order valence-electron chi connectivity index (χ1n) is 4.32. The van der Waals surface area contributed by atoms with Crippen molar-refractivity contribution in [1.29, 1.82) is 0 Å². The molecule has 3 nitrogen and oxygen atoms in total. The van der Waals surface area contributed by atoms with Crippen LogP contribution >= 0.6 is 0 Å². The van der Waals surface area contributed by atoms with Gasteiger partial charge in [0.05, 0.1) is 5.69 Å². The van der Waals surface area contributed by atoms with E-state index in [9.17, 15) is 4.39 Å². The van der Waals surface area contributed by atoms with Crippen LogP contribution in [-0.4, -0.2) is 16.0 Å². The molecule has 1 rings (SSSR count). The van der Waals surface area contributed by atoms with Crippen LogP contribution in [0.4, 0.5) is 10.2 Å². The van der Waals surface area contributed by atoms with Crippen molar-refractivity contribution in [2.75, 3.05) is 5.32 Å². The van der Waals surface area contributed by atoms with Crippen LogP contribution in [0.25, 0.3) is 0 Å². The van der Waals surface area contributed by atoms with Gasteiger partial charge in [0.25, 0.3) is 0 Å². The molecule has 0 saturated carbocycles. The number of nitrogens with one attached hydrogen (secondary N) is 1. The summed E-state index contributed by atoms with van der Waals surface area (Å²) in [5.74, 6) is 2.28. The highest BCUT2D eigenvalue weighted by Crippen LogP contribution is 2.13. The van der Waals surface area contributed by atoms with Crippen LogP contribution in [0.5, 0.6) is 0 Å². The molecule has 1 N–H and O–H groups in total. The molecule has 0 aliphatic carbocycles. The van der Waals surface area contributed by atoms with E-state index in [2.05, 4.69) is 21.2 Å². The molecule has 4 heteroatoms. The Bertz CT molecular complexity index is 357. The van der Waals surface area contributed by atoms with Crippen LogP contribution < -0.4 is 5.32 Å². The number of aryl methyl sites for hydroxylation is 1. The molecule has 0 spiro atoms. The monoisotopic (exact) mass is 193 g/mol. The maximum absolute atomic E-state index is 13.4. The molecule has 0 amide bonds. The van der Waals surface area contributed by atoms with Gasteiger partial charge in [0, 0.05) is 12.5 Å². The van der Waals surface area contributed by atoms with Gasteiger partial charge in [-0.05, 0) is 13.8 Å². The zero-order valence-electron chi connectivity index (χ0n) is 8.21. The van der Waals surface area contributed by atoms with Crippen LogP contribution in [0.3, 0.4) is 0 Å². The molecule has 0 saturated heterocycles. The Balaban J connectivity index is 2.77. The number of hydrogen-bond acceptors (Lipinski definition) is 3. The standard InChI is InChI=1S/C10H12FN3/c1-4-5-7(2)14-10-9(11)8(3)12-6-13-10/h1,6-7H,5H2,2-3H3,(H,12,13,14). The lowest BCUT2D eigenvalue weighted by Gasteiger charge is -2.12. The van der Waals surface area contributed by atoms with Gasteiger partial charge >= 0.3 is 0 Å². The third kappa shape index (κ3) is 2.43. The van der Waals surface area contributed by atoms with Gasteiger partial charge in [-0.2, -0.15) is 0 Å². The maximum Gasteiger partial charge on any atom is 0.186 e. The fourth-order valence-electron chi connectivity index (χ4n) is 1.02. The summed E-state index contributed by atoms with van der Waals surface area (Å²) in [7, 11) is 0. The maximum atomic E-state index is 13.4. The lowest BCUT2D eigenvalue weighted by Crippen LogP contribution is -2.16. The highest BCUT2D eigenvalue weighted by Gasteiger charge is 2.09. The lowest BCUT2D eigenvalue weighted by molar-refractivity contribution is 0.601. The number of halogens is 1. The molecule has 1 heterocycles. The van der Waals surface area contributed by atoms with Crippen LogP contribution in [-0.2, 0) is 0 Å². The molecule has 1 unspecified atom stereocenters. The third-order valence-electron chi connectivity index (χ3n) is 1.77. The van der Waals surface area contributed by atoms with Crippen LogP contribution in [0.15, 0.2) is 6.33 Å². The molecule has 0 radical (unpaired) electrons. The summed E-state index contributed by atoms with van der Waals surface area (Å²) < 4.78 is 13.4. The summed E-state index contributed by atoms with van der Waals surface area (Å²) in [5.41, 5.74) is 0.329. The quantitative estimate of drug-likeness (QED) is 0.743. The van der Waals surface area contributed by atoms with Gasteiger partial charge in [0.2, 0.25) is 0 Å². The molecule has 1 atom stereocenters. The second-order valence-corrected chi connectivity index (χ2v) is 3.08. The van der Waals surface area contributed by atoms with Crippen molar-refractivity contribution in [2.24, 2.45) is 0 Å². The van der Waals surface area contributed by atoms with Gasteiger partial charge in [0.1, 0.15) is 6.33 Å². The number of anilines is 1. The normalized spacial score (nSPS) is 11.9. The predicted molar refractivity (Wildman–Crippen MR) is 53.3 cm³/mol. The van der Waals surface area contributed by atoms with Gasteiger partial charge in [-0.1, -0.05) is 0 Å². The second-order valence-electron chi connectivity index (χ2n) is 3.08. The third-order valence-corrected chi connectivity index (χ3v) is 1.77. The van der Waals surface area contributed by atoms with Crippen molar-refractivity contribution in [2.45, 2.75) is 26.3 Å². The summed E-state index contributed by atoms with van der Waals surface area (Å²) in [5, 5.41) is 2.88. The predicted octanol–water partition coefficient (Wildman–Crippen LogP) is 1.75. The molecular weight excluding hydrogens is 181 g/mol. The molecule has 14 heavy (non-hydrogen) atoms. The minimum absolute atomic E-state index is 0.00352. The molecular formula is C10H12FN3. The second kappa shape index (κ2) is 4.56. The van der Waals surface area contributed by atoms with E-state index < -0.39 is 5.82 Å². The number of rotatable bonds is 3. The lowest BCUT2D eigenvalue weighted by atomic mass is 10.2. The average Bonchev–Trinajstić information content (AvgIpc) is 2.13. The first-order valence-corrected chi connectivity index (χ1v) is 4.32. The number of hydrogen-bond donors (Lipinski definition) is 1. The zero-order chi connectivity index (χ0) is 10.6. The highest BCUT2D eigenvalue weighted by molar-refractivity contribution is 5.37. The fraction of sp³-hybridized carbons (Fsp3) is 0.400. The van der Waals surface area contributed by atoms with E-state index in [-0.39, 0.29) is 11.9 Å². The minimum Gasteiger partial charge on any atom is -0.364 e. The van der Waals surface area contributed by atoms with Gasteiger partial charge in [0.15, 0.2) is 11.6 Å². The highest BCUT2D eigenvalue weighted by atomic mass is 19.1. The molecule has 0 bridgehead atoms. The first kappa shape index (κ1) is 10.5. The van der Waals surface area contributed by atoms with Crippen LogP contribution in [0.1, 0.15) is 19.0 Å². The molecule has 1 aromatic heterocycles. The van der Waals surface area contributed by atoms with Crippen molar-refractivity contribution in [3.63, 3.8) is 0 Å². The molecule has 0 aliphatic heterocycles. The Kier molecular flexibility index (Phi) is 3.41. The fourth-order valence-corrected chi connectivity index (χ4v) is 1.02. The SMILES string of the molecule is C#CCC(C)Nc1ncnc(C)c1F. The van der Waals surface area contributed by atoms with Crippen molar-refractivity contribution < 1.29 is 4.39 Å². The average molecular weight is 193 g/mol. The minimum atomic E-state index is -0.420. The largest absolute Gasteiger partial charge is 0.364 e. The number of terminal acetylenes is 1. The first-order chi connectivity index (χ1) is 6.65. The molecule has 74 valence electrons. The smallest absolute Gasteiger partial charge is 0.186 e. The Morgan fingerprint density at radius 1 is 1.64 bits per heavy atom. The van der Waals surface area contributed by atoms with Crippen molar-refractivity contribution in [3.05, 3.63) is 17.8 Å². The summed E-state index contributed by atoms with van der Waals surface area (Å²) in [4.78, 5) is 7.52. The Morgan fingerprint density at radius 2 is 2.36 bits per heavy atom. The van der Waals surface area contributed by atoms with Gasteiger partial charge < -0.3 is 5.32 Å². The number of nitrogens with zero attached hydrogens (tertiary/aromatic N) is 2. The summed E-state index contributed by atoms with van der Waals surface area (Å²) in [6.07, 6.45) is 6.99. The molecule has 0 fully saturated rings. The van der Waals surface area contributed by atoms with E-state index in [1.807, 2.05) is 6.92 Å². The van der Waals surface area contributed by atoms with E-state index in [1.54, 1.807) is 6.92 Å². The van der Waals surface area contributed by atoms with Crippen LogP contribution in [0, 0.1) is 25.1 Å². The van der Waals surface area contributed by atoms with Gasteiger partial charge in [-0.25, -0.2) is 14.4 Å². The van der Waals surface area contributed by atoms with Crippen molar-refractivity contribution in [3.8, 4) is 12.3 Å². The van der Waals surface area contributed by atoms with E-state index >= 15 is 0 Å². The summed E-state index contributed by atoms with van der Waals surface area (Å²) in [6, 6.07) is 0.00352. The van der Waals surface area contributed by atoms with E-state index in [1.165, 1.54) is 6.33 Å². The van der Waals surface area contributed by atoms with E-state index in [4.69, 9.17) is 6.42 Å². The molecule has 0 aromatic carbocycles. The van der Waals surface area contributed by atoms with E-state index in [0.29, 0.717) is 12.1 Å².